The number of hydrogen-bond acceptors (Lipinski definition) is 3. The molecule has 31 heavy (non-hydrogen) atoms. The molecule has 0 aliphatic carbocycles. The number of benzene rings is 2. The largest absolute Gasteiger partial charge is 0.467 e. The maximum Gasteiger partial charge on any atom is 0.268 e. The highest BCUT2D eigenvalue weighted by Gasteiger charge is 2.15. The van der Waals surface area contributed by atoms with E-state index in [1.807, 2.05) is 42.5 Å². The minimum atomic E-state index is -0.225. The minimum Gasteiger partial charge on any atom is -0.467 e. The van der Waals surface area contributed by atoms with Crippen LogP contribution >= 0.6 is 0 Å². The summed E-state index contributed by atoms with van der Waals surface area (Å²) < 4.78 is 5.23. The smallest absolute Gasteiger partial charge is 0.268 e. The highest BCUT2D eigenvalue weighted by molar-refractivity contribution is 6.05. The minimum absolute atomic E-state index is 0.0380. The van der Waals surface area contributed by atoms with Crippen LogP contribution in [0.15, 0.2) is 71.3 Å². The van der Waals surface area contributed by atoms with Gasteiger partial charge in [-0.05, 0) is 59.5 Å². The highest BCUT2D eigenvalue weighted by atomic mass is 16.3. The fourth-order valence-corrected chi connectivity index (χ4v) is 3.33. The zero-order chi connectivity index (χ0) is 22.0. The van der Waals surface area contributed by atoms with E-state index in [9.17, 15) is 9.59 Å². The lowest BCUT2D eigenvalue weighted by Crippen LogP contribution is -2.22. The number of anilines is 1. The van der Waals surface area contributed by atoms with Crippen LogP contribution < -0.4 is 10.6 Å². The topological polar surface area (TPSA) is 87.1 Å². The first-order chi connectivity index (χ1) is 14.8. The predicted octanol–water partition coefficient (Wildman–Crippen LogP) is 5.24. The molecule has 4 aromatic rings. The van der Waals surface area contributed by atoms with Gasteiger partial charge in [0, 0.05) is 22.2 Å². The van der Waals surface area contributed by atoms with E-state index in [0.717, 1.165) is 10.9 Å². The van der Waals surface area contributed by atoms with E-state index >= 15 is 0 Å². The first kappa shape index (κ1) is 20.5. The maximum absolute atomic E-state index is 12.6. The molecule has 0 saturated heterocycles. The van der Waals surface area contributed by atoms with Crippen LogP contribution in [0, 0.1) is 0 Å². The van der Waals surface area contributed by atoms with Gasteiger partial charge in [-0.15, -0.1) is 0 Å². The van der Waals surface area contributed by atoms with Gasteiger partial charge in [0.2, 0.25) is 0 Å². The summed E-state index contributed by atoms with van der Waals surface area (Å²) in [6, 6.07) is 18.5. The third kappa shape index (κ3) is 4.69. The monoisotopic (exact) mass is 415 g/mol. The van der Waals surface area contributed by atoms with Crippen molar-refractivity contribution < 1.29 is 14.0 Å². The number of nitrogens with one attached hydrogen (secondary N) is 3. The third-order valence-electron chi connectivity index (χ3n) is 5.14. The van der Waals surface area contributed by atoms with Gasteiger partial charge in [-0.2, -0.15) is 0 Å². The number of furan rings is 1. The van der Waals surface area contributed by atoms with E-state index < -0.39 is 0 Å². The second-order valence-electron chi connectivity index (χ2n) is 8.53. The van der Waals surface area contributed by atoms with Crippen LogP contribution in [0.4, 0.5) is 5.69 Å². The van der Waals surface area contributed by atoms with E-state index in [2.05, 4.69) is 36.4 Å². The molecular weight excluding hydrogens is 390 g/mol. The summed E-state index contributed by atoms with van der Waals surface area (Å²) in [5, 5.41) is 6.57. The van der Waals surface area contributed by atoms with Crippen LogP contribution in [-0.2, 0) is 12.0 Å². The molecule has 4 rings (SSSR count). The summed E-state index contributed by atoms with van der Waals surface area (Å²) in [4.78, 5) is 28.1. The molecule has 2 amide bonds. The molecule has 0 fully saturated rings. The molecule has 0 saturated carbocycles. The summed E-state index contributed by atoms with van der Waals surface area (Å²) in [5.41, 5.74) is 3.74. The number of rotatable bonds is 5. The average Bonchev–Trinajstić information content (AvgIpc) is 3.41. The van der Waals surface area contributed by atoms with E-state index in [0.29, 0.717) is 29.2 Å². The maximum atomic E-state index is 12.6. The molecule has 0 unspecified atom stereocenters. The second-order valence-corrected chi connectivity index (χ2v) is 8.53. The third-order valence-corrected chi connectivity index (χ3v) is 5.14. The van der Waals surface area contributed by atoms with Crippen LogP contribution in [-0.4, -0.2) is 16.8 Å². The van der Waals surface area contributed by atoms with Gasteiger partial charge >= 0.3 is 0 Å². The number of hydrogen-bond donors (Lipinski definition) is 3. The van der Waals surface area contributed by atoms with Crippen molar-refractivity contribution in [2.24, 2.45) is 0 Å². The van der Waals surface area contributed by atoms with Crippen molar-refractivity contribution in [1.29, 1.82) is 0 Å². The molecule has 158 valence electrons. The Morgan fingerprint density at radius 2 is 1.74 bits per heavy atom. The van der Waals surface area contributed by atoms with Crippen LogP contribution in [0.2, 0.25) is 0 Å². The molecule has 6 heteroatoms. The first-order valence-corrected chi connectivity index (χ1v) is 10.1. The lowest BCUT2D eigenvalue weighted by molar-refractivity contribution is 0.0943. The van der Waals surface area contributed by atoms with Gasteiger partial charge in [-0.1, -0.05) is 32.9 Å². The number of aromatic amines is 1. The van der Waals surface area contributed by atoms with Gasteiger partial charge < -0.3 is 20.0 Å². The van der Waals surface area contributed by atoms with Crippen molar-refractivity contribution in [2.45, 2.75) is 32.7 Å². The molecule has 6 nitrogen and oxygen atoms in total. The Hall–Kier alpha value is -3.80. The Bertz CT molecular complexity index is 1210. The quantitative estimate of drug-likeness (QED) is 0.416. The Morgan fingerprint density at radius 1 is 0.968 bits per heavy atom. The van der Waals surface area contributed by atoms with Crippen molar-refractivity contribution >= 4 is 28.4 Å². The molecule has 0 spiro atoms. The molecule has 2 aromatic carbocycles. The number of carbonyl (C=O) groups is 2. The Balaban J connectivity index is 1.45. The Labute approximate surface area is 180 Å². The van der Waals surface area contributed by atoms with Gasteiger partial charge in [0.15, 0.2) is 0 Å². The first-order valence-electron chi connectivity index (χ1n) is 10.1. The molecule has 0 bridgehead atoms. The van der Waals surface area contributed by atoms with E-state index in [4.69, 9.17) is 4.42 Å². The summed E-state index contributed by atoms with van der Waals surface area (Å²) in [6.07, 6.45) is 1.57. The molecule has 2 heterocycles. The summed E-state index contributed by atoms with van der Waals surface area (Å²) in [5.74, 6) is 0.286. The van der Waals surface area contributed by atoms with Crippen LogP contribution in [0.3, 0.4) is 0 Å². The molecule has 3 N–H and O–H groups in total. The van der Waals surface area contributed by atoms with Crippen LogP contribution in [0.5, 0.6) is 0 Å². The number of aromatic nitrogens is 1. The van der Waals surface area contributed by atoms with E-state index in [1.54, 1.807) is 24.5 Å². The van der Waals surface area contributed by atoms with Crippen molar-refractivity contribution in [3.63, 3.8) is 0 Å². The van der Waals surface area contributed by atoms with E-state index in [-0.39, 0.29) is 17.2 Å². The fraction of sp³-hybridized carbons (Fsp3) is 0.200. The van der Waals surface area contributed by atoms with Gasteiger partial charge in [-0.3, -0.25) is 9.59 Å². The lowest BCUT2D eigenvalue weighted by Gasteiger charge is -2.19. The van der Waals surface area contributed by atoms with Crippen molar-refractivity contribution in [2.75, 3.05) is 5.32 Å². The normalized spacial score (nSPS) is 11.5. The van der Waals surface area contributed by atoms with Gasteiger partial charge in [0.25, 0.3) is 11.8 Å². The number of fused-ring (bicyclic) bond motifs is 1. The number of H-pyrrole nitrogens is 1. The predicted molar refractivity (Wildman–Crippen MR) is 121 cm³/mol. The SMILES string of the molecule is CC(C)(C)c1ccc(C(=O)Nc2ccc3[nH]c(C(=O)NCc4ccco4)cc3c2)cc1. The van der Waals surface area contributed by atoms with E-state index in [1.165, 1.54) is 5.56 Å². The molecule has 2 aromatic heterocycles. The molecule has 0 aliphatic heterocycles. The zero-order valence-corrected chi connectivity index (χ0v) is 17.8. The van der Waals surface area contributed by atoms with Gasteiger partial charge in [0.05, 0.1) is 12.8 Å². The number of amides is 2. The van der Waals surface area contributed by atoms with Crippen molar-refractivity contribution in [3.8, 4) is 0 Å². The van der Waals surface area contributed by atoms with Crippen molar-refractivity contribution in [1.82, 2.24) is 10.3 Å². The second kappa shape index (κ2) is 8.14. The van der Waals surface area contributed by atoms with Crippen molar-refractivity contribution in [3.05, 3.63) is 89.5 Å². The molecular formula is C25H25N3O3. The average molecular weight is 415 g/mol. The zero-order valence-electron chi connectivity index (χ0n) is 17.8. The van der Waals surface area contributed by atoms with Gasteiger partial charge in [0.1, 0.15) is 11.5 Å². The summed E-state index contributed by atoms with van der Waals surface area (Å²) in [6.45, 7) is 6.73. The summed E-state index contributed by atoms with van der Waals surface area (Å²) >= 11 is 0. The molecule has 0 radical (unpaired) electrons. The fourth-order valence-electron chi connectivity index (χ4n) is 3.33. The Morgan fingerprint density at radius 3 is 2.42 bits per heavy atom. The molecule has 0 atom stereocenters. The standard InChI is InChI=1S/C25H25N3O3/c1-25(2,3)18-8-6-16(7-9-18)23(29)27-19-10-11-21-17(13-19)14-22(28-21)24(30)26-15-20-5-4-12-31-20/h4-14,28H,15H2,1-3H3,(H,26,30)(H,27,29). The van der Waals surface area contributed by atoms with Crippen LogP contribution in [0.25, 0.3) is 10.9 Å². The lowest BCUT2D eigenvalue weighted by atomic mass is 9.87. The highest BCUT2D eigenvalue weighted by Crippen LogP contribution is 2.23. The van der Waals surface area contributed by atoms with Crippen LogP contribution in [0.1, 0.15) is 52.9 Å². The molecule has 0 aliphatic rings. The summed E-state index contributed by atoms with van der Waals surface area (Å²) in [7, 11) is 0. The number of carbonyl (C=O) groups excluding carboxylic acids is 2. The Kier molecular flexibility index (Phi) is 5.38. The van der Waals surface area contributed by atoms with Gasteiger partial charge in [-0.25, -0.2) is 0 Å².